The third kappa shape index (κ3) is 5.93. The number of ether oxygens (including phenoxy) is 1. The molecule has 3 heterocycles. The van der Waals surface area contributed by atoms with Crippen molar-refractivity contribution in [3.63, 3.8) is 0 Å². The molecule has 1 N–H and O–H groups in total. The highest BCUT2D eigenvalue weighted by molar-refractivity contribution is 14.0. The van der Waals surface area contributed by atoms with Gasteiger partial charge in [-0.2, -0.15) is 0 Å². The summed E-state index contributed by atoms with van der Waals surface area (Å²) in [5, 5.41) is 3.62. The van der Waals surface area contributed by atoms with Crippen LogP contribution in [0.3, 0.4) is 0 Å². The first-order valence-electron chi connectivity index (χ1n) is 10.8. The molecule has 0 spiro atoms. The second-order valence-corrected chi connectivity index (χ2v) is 7.89. The third-order valence-corrected chi connectivity index (χ3v) is 6.02. The quantitative estimate of drug-likeness (QED) is 0.361. The topological polar surface area (TPSA) is 56.2 Å². The predicted octanol–water partition coefficient (Wildman–Crippen LogP) is 2.93. The number of pyridine rings is 1. The van der Waals surface area contributed by atoms with Crippen LogP contribution in [-0.2, 0) is 0 Å². The van der Waals surface area contributed by atoms with E-state index in [0.29, 0.717) is 5.92 Å². The number of nitrogens with zero attached hydrogens (tertiary/aromatic N) is 5. The number of nitrogens with one attached hydrogen (secondary N) is 1. The number of halogens is 1. The molecule has 1 unspecified atom stereocenters. The van der Waals surface area contributed by atoms with Gasteiger partial charge in [0.25, 0.3) is 0 Å². The number of benzene rings is 1. The SMILES string of the molecule is CN=C(NCC1CCN(c2cccc(OC)c2)C1)N1CCN(c2ccccn2)CC1.I. The lowest BCUT2D eigenvalue weighted by molar-refractivity contribution is 0.368. The summed E-state index contributed by atoms with van der Waals surface area (Å²) in [6.45, 7) is 6.93. The summed E-state index contributed by atoms with van der Waals surface area (Å²) >= 11 is 0. The van der Waals surface area contributed by atoms with Crippen molar-refractivity contribution in [1.82, 2.24) is 15.2 Å². The van der Waals surface area contributed by atoms with Gasteiger partial charge < -0.3 is 24.8 Å². The van der Waals surface area contributed by atoms with Gasteiger partial charge in [0.1, 0.15) is 11.6 Å². The van der Waals surface area contributed by atoms with Gasteiger partial charge in [-0.05, 0) is 36.6 Å². The van der Waals surface area contributed by atoms with Crippen LogP contribution in [0.4, 0.5) is 11.5 Å². The number of aromatic nitrogens is 1. The lowest BCUT2D eigenvalue weighted by Gasteiger charge is -2.37. The van der Waals surface area contributed by atoms with E-state index in [2.05, 4.69) is 54.3 Å². The largest absolute Gasteiger partial charge is 0.497 e. The van der Waals surface area contributed by atoms with Crippen LogP contribution in [0.15, 0.2) is 53.7 Å². The third-order valence-electron chi connectivity index (χ3n) is 6.02. The predicted molar refractivity (Wildman–Crippen MR) is 138 cm³/mol. The zero-order valence-corrected chi connectivity index (χ0v) is 20.7. The maximum absolute atomic E-state index is 5.37. The van der Waals surface area contributed by atoms with E-state index in [1.807, 2.05) is 31.4 Å². The molecule has 31 heavy (non-hydrogen) atoms. The number of aliphatic imine (C=N–C) groups is 1. The fourth-order valence-electron chi connectivity index (χ4n) is 4.30. The van der Waals surface area contributed by atoms with Crippen molar-refractivity contribution in [2.24, 2.45) is 10.9 Å². The molecular weight excluding hydrogens is 503 g/mol. The van der Waals surface area contributed by atoms with Crippen LogP contribution in [0.2, 0.25) is 0 Å². The highest BCUT2D eigenvalue weighted by Crippen LogP contribution is 2.26. The summed E-state index contributed by atoms with van der Waals surface area (Å²) in [4.78, 5) is 16.2. The van der Waals surface area contributed by atoms with E-state index in [-0.39, 0.29) is 24.0 Å². The summed E-state index contributed by atoms with van der Waals surface area (Å²) in [6.07, 6.45) is 3.05. The number of anilines is 2. The van der Waals surface area contributed by atoms with E-state index < -0.39 is 0 Å². The molecule has 2 fully saturated rings. The van der Waals surface area contributed by atoms with E-state index in [0.717, 1.165) is 63.3 Å². The average Bonchev–Trinajstić information content (AvgIpc) is 3.30. The summed E-state index contributed by atoms with van der Waals surface area (Å²) in [5.74, 6) is 3.60. The molecule has 0 radical (unpaired) electrons. The maximum Gasteiger partial charge on any atom is 0.193 e. The normalized spacial score (nSPS) is 19.2. The van der Waals surface area contributed by atoms with Crippen LogP contribution < -0.4 is 19.9 Å². The molecule has 2 aromatic rings. The Bertz CT molecular complexity index is 841. The Labute approximate surface area is 202 Å². The van der Waals surface area contributed by atoms with Crippen molar-refractivity contribution in [3.05, 3.63) is 48.7 Å². The van der Waals surface area contributed by atoms with Gasteiger partial charge in [-0.1, -0.05) is 12.1 Å². The average molecular weight is 536 g/mol. The minimum absolute atomic E-state index is 0. The van der Waals surface area contributed by atoms with Gasteiger partial charge in [0.05, 0.1) is 7.11 Å². The fraction of sp³-hybridized carbons (Fsp3) is 0.478. The number of methoxy groups -OCH3 is 1. The van der Waals surface area contributed by atoms with Crippen molar-refractivity contribution in [3.8, 4) is 5.75 Å². The summed E-state index contributed by atoms with van der Waals surface area (Å²) in [5.41, 5.74) is 1.24. The Morgan fingerprint density at radius 3 is 2.65 bits per heavy atom. The van der Waals surface area contributed by atoms with Crippen molar-refractivity contribution in [2.45, 2.75) is 6.42 Å². The Hall–Kier alpha value is -2.23. The van der Waals surface area contributed by atoms with Crippen molar-refractivity contribution in [1.29, 1.82) is 0 Å². The zero-order chi connectivity index (χ0) is 20.8. The molecule has 2 aliphatic rings. The molecule has 8 heteroatoms. The Morgan fingerprint density at radius 1 is 1.10 bits per heavy atom. The van der Waals surface area contributed by atoms with Gasteiger partial charge in [-0.15, -0.1) is 24.0 Å². The van der Waals surface area contributed by atoms with Crippen LogP contribution in [0.1, 0.15) is 6.42 Å². The molecule has 0 amide bonds. The Kier molecular flexibility index (Phi) is 8.62. The molecule has 1 aromatic heterocycles. The van der Waals surface area contributed by atoms with Crippen LogP contribution in [0, 0.1) is 5.92 Å². The molecule has 0 bridgehead atoms. The summed E-state index contributed by atoms with van der Waals surface area (Å²) < 4.78 is 5.37. The number of guanidine groups is 1. The van der Waals surface area contributed by atoms with Crippen molar-refractivity contribution in [2.75, 3.05) is 69.8 Å². The van der Waals surface area contributed by atoms with E-state index in [1.54, 1.807) is 7.11 Å². The molecule has 2 saturated heterocycles. The molecule has 2 aliphatic heterocycles. The van der Waals surface area contributed by atoms with E-state index in [4.69, 9.17) is 4.74 Å². The van der Waals surface area contributed by atoms with Crippen LogP contribution >= 0.6 is 24.0 Å². The van der Waals surface area contributed by atoms with E-state index in [9.17, 15) is 0 Å². The van der Waals surface area contributed by atoms with E-state index in [1.165, 1.54) is 12.1 Å². The van der Waals surface area contributed by atoms with Gasteiger partial charge >= 0.3 is 0 Å². The number of hydrogen-bond donors (Lipinski definition) is 1. The lowest BCUT2D eigenvalue weighted by Crippen LogP contribution is -2.53. The van der Waals surface area contributed by atoms with E-state index >= 15 is 0 Å². The molecule has 7 nitrogen and oxygen atoms in total. The monoisotopic (exact) mass is 536 g/mol. The molecule has 168 valence electrons. The molecule has 1 aromatic carbocycles. The smallest absolute Gasteiger partial charge is 0.193 e. The molecule has 4 rings (SSSR count). The van der Waals surface area contributed by atoms with Crippen LogP contribution in [-0.4, -0.2) is 75.8 Å². The first-order valence-corrected chi connectivity index (χ1v) is 10.8. The molecule has 1 atom stereocenters. The van der Waals surface area contributed by atoms with Gasteiger partial charge in [-0.25, -0.2) is 4.98 Å². The van der Waals surface area contributed by atoms with Crippen molar-refractivity contribution < 1.29 is 4.74 Å². The van der Waals surface area contributed by atoms with Crippen LogP contribution in [0.25, 0.3) is 0 Å². The number of hydrogen-bond acceptors (Lipinski definition) is 5. The number of rotatable bonds is 5. The van der Waals surface area contributed by atoms with Crippen LogP contribution in [0.5, 0.6) is 5.75 Å². The van der Waals surface area contributed by atoms with Crippen molar-refractivity contribution >= 4 is 41.4 Å². The highest BCUT2D eigenvalue weighted by atomic mass is 127. The second kappa shape index (κ2) is 11.4. The van der Waals surface area contributed by atoms with Gasteiger partial charge in [0.15, 0.2) is 5.96 Å². The minimum atomic E-state index is 0. The fourth-order valence-corrected chi connectivity index (χ4v) is 4.30. The minimum Gasteiger partial charge on any atom is -0.497 e. The van der Waals surface area contributed by atoms with Gasteiger partial charge in [-0.3, -0.25) is 4.99 Å². The molecule has 0 saturated carbocycles. The summed E-state index contributed by atoms with van der Waals surface area (Å²) in [6, 6.07) is 14.4. The molecule has 0 aliphatic carbocycles. The molecular formula is C23H33IN6O. The lowest BCUT2D eigenvalue weighted by atomic mass is 10.1. The Morgan fingerprint density at radius 2 is 1.94 bits per heavy atom. The van der Waals surface area contributed by atoms with Gasteiger partial charge in [0.2, 0.25) is 0 Å². The zero-order valence-electron chi connectivity index (χ0n) is 18.4. The van der Waals surface area contributed by atoms with Gasteiger partial charge in [0, 0.05) is 70.8 Å². The second-order valence-electron chi connectivity index (χ2n) is 7.89. The summed E-state index contributed by atoms with van der Waals surface area (Å²) in [7, 11) is 3.60. The maximum atomic E-state index is 5.37. The highest BCUT2D eigenvalue weighted by Gasteiger charge is 2.25. The Balaban J connectivity index is 0.00000272. The number of piperazine rings is 1. The first-order chi connectivity index (χ1) is 14.8. The first kappa shape index (κ1) is 23.4. The standard InChI is InChI=1S/C23H32N6O.HI/c1-24-23(28-14-12-27(13-15-28)22-8-3-4-10-25-22)26-17-19-9-11-29(18-19)20-6-5-7-21(16-20)30-2;/h3-8,10,16,19H,9,11-15,17-18H2,1-2H3,(H,24,26);1H.